The molecule has 4 nitrogen and oxygen atoms in total. The van der Waals surface area contributed by atoms with E-state index in [1.165, 1.54) is 24.0 Å². The first kappa shape index (κ1) is 11.7. The van der Waals surface area contributed by atoms with E-state index in [0.717, 1.165) is 18.5 Å². The number of aromatic nitrogens is 4. The lowest BCUT2D eigenvalue weighted by molar-refractivity contribution is 0.668. The highest BCUT2D eigenvalue weighted by atomic mass is 35.5. The SMILES string of the molecule is CC(Cl)c1nnnn1-c1cccc2c1CCCC2. The fourth-order valence-corrected chi connectivity index (χ4v) is 2.71. The molecule has 0 amide bonds. The predicted octanol–water partition coefficient (Wildman–Crippen LogP) is 2.84. The monoisotopic (exact) mass is 262 g/mol. The maximum absolute atomic E-state index is 6.12. The second-order valence-electron chi connectivity index (χ2n) is 4.69. The molecule has 0 radical (unpaired) electrons. The summed E-state index contributed by atoms with van der Waals surface area (Å²) in [5.74, 6) is 0.704. The molecule has 0 fully saturated rings. The fraction of sp³-hybridized carbons (Fsp3) is 0.462. The number of aryl methyl sites for hydroxylation is 1. The molecule has 1 aliphatic rings. The van der Waals surface area contributed by atoms with Gasteiger partial charge in [-0.15, -0.1) is 16.7 Å². The third kappa shape index (κ3) is 1.90. The van der Waals surface area contributed by atoms with E-state index in [-0.39, 0.29) is 5.38 Å². The zero-order chi connectivity index (χ0) is 12.5. The van der Waals surface area contributed by atoms with Gasteiger partial charge >= 0.3 is 0 Å². The number of fused-ring (bicyclic) bond motifs is 1. The van der Waals surface area contributed by atoms with Gasteiger partial charge in [-0.2, -0.15) is 4.68 Å². The van der Waals surface area contributed by atoms with Crippen LogP contribution in [-0.2, 0) is 12.8 Å². The molecule has 0 N–H and O–H groups in total. The van der Waals surface area contributed by atoms with E-state index < -0.39 is 0 Å². The number of halogens is 1. The van der Waals surface area contributed by atoms with Crippen LogP contribution in [0, 0.1) is 0 Å². The number of nitrogens with zero attached hydrogens (tertiary/aromatic N) is 4. The van der Waals surface area contributed by atoms with Crippen molar-refractivity contribution in [3.8, 4) is 5.69 Å². The molecule has 2 aromatic rings. The van der Waals surface area contributed by atoms with E-state index in [0.29, 0.717) is 5.82 Å². The Morgan fingerprint density at radius 3 is 2.94 bits per heavy atom. The van der Waals surface area contributed by atoms with Gasteiger partial charge in [-0.05, 0) is 60.2 Å². The van der Waals surface area contributed by atoms with Crippen LogP contribution in [0.4, 0.5) is 0 Å². The normalized spacial score (nSPS) is 16.3. The lowest BCUT2D eigenvalue weighted by Crippen LogP contribution is -2.11. The Balaban J connectivity index is 2.14. The van der Waals surface area contributed by atoms with Crippen molar-refractivity contribution in [3.63, 3.8) is 0 Å². The smallest absolute Gasteiger partial charge is 0.174 e. The Morgan fingerprint density at radius 1 is 1.28 bits per heavy atom. The average molecular weight is 263 g/mol. The molecule has 1 aromatic heterocycles. The molecule has 3 rings (SSSR count). The minimum atomic E-state index is -0.195. The van der Waals surface area contributed by atoms with Crippen molar-refractivity contribution in [3.05, 3.63) is 35.2 Å². The zero-order valence-corrected chi connectivity index (χ0v) is 11.1. The van der Waals surface area contributed by atoms with Crippen LogP contribution in [0.25, 0.3) is 5.69 Å². The number of benzene rings is 1. The lowest BCUT2D eigenvalue weighted by atomic mass is 9.90. The molecule has 1 heterocycles. The Labute approximate surface area is 111 Å². The summed E-state index contributed by atoms with van der Waals surface area (Å²) in [6.45, 7) is 1.89. The quantitative estimate of drug-likeness (QED) is 0.782. The standard InChI is InChI=1S/C13H15ClN4/c1-9(14)13-15-16-17-18(13)12-8-4-6-10-5-2-3-7-11(10)12/h4,6,8-9H,2-3,5,7H2,1H3. The molecular formula is C13H15ClN4. The maximum atomic E-state index is 6.12. The summed E-state index contributed by atoms with van der Waals surface area (Å²) in [5.41, 5.74) is 3.87. The van der Waals surface area contributed by atoms with Crippen LogP contribution in [-0.4, -0.2) is 20.2 Å². The number of alkyl halides is 1. The molecule has 0 spiro atoms. The Hall–Kier alpha value is -1.42. The van der Waals surface area contributed by atoms with Crippen LogP contribution in [0.2, 0.25) is 0 Å². The van der Waals surface area contributed by atoms with Crippen LogP contribution < -0.4 is 0 Å². The highest BCUT2D eigenvalue weighted by molar-refractivity contribution is 6.20. The summed E-state index contributed by atoms with van der Waals surface area (Å²) in [6.07, 6.45) is 4.75. The molecular weight excluding hydrogens is 248 g/mol. The number of rotatable bonds is 2. The van der Waals surface area contributed by atoms with Gasteiger partial charge in [-0.1, -0.05) is 12.1 Å². The summed E-state index contributed by atoms with van der Waals surface area (Å²) in [7, 11) is 0. The maximum Gasteiger partial charge on any atom is 0.174 e. The molecule has 1 aliphatic carbocycles. The van der Waals surface area contributed by atoms with Crippen LogP contribution in [0.5, 0.6) is 0 Å². The third-order valence-corrected chi connectivity index (χ3v) is 3.64. The summed E-state index contributed by atoms with van der Waals surface area (Å²) < 4.78 is 1.78. The minimum absolute atomic E-state index is 0.195. The van der Waals surface area contributed by atoms with Gasteiger partial charge in [0.1, 0.15) is 0 Å². The molecule has 1 aromatic carbocycles. The highest BCUT2D eigenvalue weighted by Gasteiger charge is 2.19. The van der Waals surface area contributed by atoms with Crippen LogP contribution in [0.1, 0.15) is 42.1 Å². The van der Waals surface area contributed by atoms with Gasteiger partial charge in [0.2, 0.25) is 0 Å². The Bertz CT molecular complexity index is 562. The summed E-state index contributed by atoms with van der Waals surface area (Å²) in [5, 5.41) is 11.7. The Morgan fingerprint density at radius 2 is 2.11 bits per heavy atom. The van der Waals surface area contributed by atoms with Crippen molar-refractivity contribution >= 4 is 11.6 Å². The van der Waals surface area contributed by atoms with Gasteiger partial charge in [0.05, 0.1) is 11.1 Å². The van der Waals surface area contributed by atoms with Crippen LogP contribution in [0.3, 0.4) is 0 Å². The van der Waals surface area contributed by atoms with Crippen molar-refractivity contribution in [2.24, 2.45) is 0 Å². The second kappa shape index (κ2) is 4.69. The molecule has 94 valence electrons. The zero-order valence-electron chi connectivity index (χ0n) is 10.3. The van der Waals surface area contributed by atoms with E-state index in [1.54, 1.807) is 4.68 Å². The van der Waals surface area contributed by atoms with Gasteiger partial charge in [0, 0.05) is 0 Å². The topological polar surface area (TPSA) is 43.6 Å². The van der Waals surface area contributed by atoms with Crippen molar-refractivity contribution in [2.45, 2.75) is 38.0 Å². The van der Waals surface area contributed by atoms with Crippen molar-refractivity contribution < 1.29 is 0 Å². The molecule has 0 aliphatic heterocycles. The van der Waals surface area contributed by atoms with Crippen LogP contribution in [0.15, 0.2) is 18.2 Å². The second-order valence-corrected chi connectivity index (χ2v) is 5.34. The molecule has 0 saturated heterocycles. The summed E-state index contributed by atoms with van der Waals surface area (Å²) >= 11 is 6.12. The fourth-order valence-electron chi connectivity index (χ4n) is 2.57. The molecule has 5 heteroatoms. The van der Waals surface area contributed by atoms with Gasteiger partial charge in [0.25, 0.3) is 0 Å². The Kier molecular flexibility index (Phi) is 3.04. The lowest BCUT2D eigenvalue weighted by Gasteiger charge is -2.19. The summed E-state index contributed by atoms with van der Waals surface area (Å²) in [6, 6.07) is 6.35. The van der Waals surface area contributed by atoms with E-state index in [4.69, 9.17) is 11.6 Å². The number of tetrazole rings is 1. The van der Waals surface area contributed by atoms with Crippen LogP contribution >= 0.6 is 11.6 Å². The van der Waals surface area contributed by atoms with Crippen molar-refractivity contribution in [1.29, 1.82) is 0 Å². The number of hydrogen-bond acceptors (Lipinski definition) is 3. The van der Waals surface area contributed by atoms with E-state index >= 15 is 0 Å². The highest BCUT2D eigenvalue weighted by Crippen LogP contribution is 2.28. The first-order valence-electron chi connectivity index (χ1n) is 6.31. The largest absolute Gasteiger partial charge is 0.196 e. The first-order valence-corrected chi connectivity index (χ1v) is 6.74. The van der Waals surface area contributed by atoms with Gasteiger partial charge in [-0.3, -0.25) is 0 Å². The van der Waals surface area contributed by atoms with Gasteiger partial charge in [-0.25, -0.2) is 0 Å². The molecule has 1 atom stereocenters. The van der Waals surface area contributed by atoms with E-state index in [2.05, 4.69) is 33.7 Å². The summed E-state index contributed by atoms with van der Waals surface area (Å²) in [4.78, 5) is 0. The molecule has 0 bridgehead atoms. The molecule has 18 heavy (non-hydrogen) atoms. The van der Waals surface area contributed by atoms with E-state index in [1.807, 2.05) is 6.92 Å². The molecule has 0 saturated carbocycles. The van der Waals surface area contributed by atoms with Crippen molar-refractivity contribution in [1.82, 2.24) is 20.2 Å². The average Bonchev–Trinajstić information content (AvgIpc) is 2.87. The predicted molar refractivity (Wildman–Crippen MR) is 70.1 cm³/mol. The van der Waals surface area contributed by atoms with Gasteiger partial charge < -0.3 is 0 Å². The van der Waals surface area contributed by atoms with E-state index in [9.17, 15) is 0 Å². The van der Waals surface area contributed by atoms with Gasteiger partial charge in [0.15, 0.2) is 5.82 Å². The first-order chi connectivity index (χ1) is 8.77. The number of hydrogen-bond donors (Lipinski definition) is 0. The third-order valence-electron chi connectivity index (χ3n) is 3.45. The van der Waals surface area contributed by atoms with Crippen molar-refractivity contribution in [2.75, 3.05) is 0 Å². The molecule has 1 unspecified atom stereocenters. The minimum Gasteiger partial charge on any atom is -0.196 e.